The lowest BCUT2D eigenvalue weighted by Gasteiger charge is -2.20. The Balaban J connectivity index is 1.72. The van der Waals surface area contributed by atoms with Crippen molar-refractivity contribution in [1.82, 2.24) is 5.32 Å². The Bertz CT molecular complexity index is 914. The second kappa shape index (κ2) is 8.51. The molecule has 3 rings (SSSR count). The van der Waals surface area contributed by atoms with Crippen molar-refractivity contribution in [1.29, 1.82) is 0 Å². The first-order chi connectivity index (χ1) is 13.0. The van der Waals surface area contributed by atoms with E-state index in [-0.39, 0.29) is 24.1 Å². The number of anilines is 1. The second-order valence-electron chi connectivity index (χ2n) is 5.95. The highest BCUT2D eigenvalue weighted by molar-refractivity contribution is 5.92. The van der Waals surface area contributed by atoms with E-state index < -0.39 is 17.5 Å². The zero-order valence-corrected chi connectivity index (χ0v) is 14.3. The Morgan fingerprint density at radius 3 is 2.11 bits per heavy atom. The zero-order chi connectivity index (χ0) is 19.2. The lowest BCUT2D eigenvalue weighted by Crippen LogP contribution is -2.32. The second-order valence-corrected chi connectivity index (χ2v) is 5.95. The summed E-state index contributed by atoms with van der Waals surface area (Å²) in [6, 6.07) is 17.9. The topological polar surface area (TPSA) is 41.1 Å². The third-order valence-electron chi connectivity index (χ3n) is 4.01. The minimum atomic E-state index is -0.846. The average Bonchev–Trinajstić information content (AvgIpc) is 2.66. The molecule has 0 saturated heterocycles. The maximum absolute atomic E-state index is 13.7. The van der Waals surface area contributed by atoms with Crippen molar-refractivity contribution in [3.8, 4) is 0 Å². The van der Waals surface area contributed by atoms with Gasteiger partial charge in [-0.2, -0.15) is 0 Å². The van der Waals surface area contributed by atoms with Crippen LogP contribution in [0.25, 0.3) is 0 Å². The van der Waals surface area contributed by atoms with Gasteiger partial charge < -0.3 is 5.32 Å². The highest BCUT2D eigenvalue weighted by Gasteiger charge is 2.16. The molecular weight excluding hydrogens is 353 g/mol. The number of carbonyl (C=O) groups is 1. The first-order valence-corrected chi connectivity index (χ1v) is 8.31. The van der Waals surface area contributed by atoms with Crippen LogP contribution in [0.2, 0.25) is 0 Å². The number of nitrogens with one attached hydrogen (secondary N) is 2. The Kier molecular flexibility index (Phi) is 5.88. The first-order valence-electron chi connectivity index (χ1n) is 8.31. The van der Waals surface area contributed by atoms with Crippen LogP contribution in [-0.4, -0.2) is 12.5 Å². The van der Waals surface area contributed by atoms with E-state index in [1.54, 1.807) is 12.1 Å². The van der Waals surface area contributed by atoms with Crippen LogP contribution in [0.15, 0.2) is 72.8 Å². The lowest BCUT2D eigenvalue weighted by molar-refractivity contribution is -0.115. The summed E-state index contributed by atoms with van der Waals surface area (Å²) in [5.41, 5.74) is 1.58. The molecule has 27 heavy (non-hydrogen) atoms. The number of halogens is 3. The van der Waals surface area contributed by atoms with Crippen LogP contribution >= 0.6 is 0 Å². The molecule has 0 fully saturated rings. The standard InChI is InChI=1S/C21H17F3N2O/c22-16-8-6-15(7-9-16)21(14-4-2-1-3-5-14)25-13-20(27)26-19-11-10-17(23)12-18(19)24/h1-12,21,25H,13H2,(H,26,27). The Labute approximate surface area is 154 Å². The van der Waals surface area contributed by atoms with Gasteiger partial charge in [0.15, 0.2) is 0 Å². The van der Waals surface area contributed by atoms with E-state index in [9.17, 15) is 18.0 Å². The molecule has 138 valence electrons. The van der Waals surface area contributed by atoms with Crippen molar-refractivity contribution in [3.05, 3.63) is 101 Å². The molecular formula is C21H17F3N2O. The molecule has 1 atom stereocenters. The van der Waals surface area contributed by atoms with E-state index in [2.05, 4.69) is 10.6 Å². The van der Waals surface area contributed by atoms with Crippen LogP contribution in [0.5, 0.6) is 0 Å². The van der Waals surface area contributed by atoms with Crippen LogP contribution < -0.4 is 10.6 Å². The molecule has 0 bridgehead atoms. The minimum Gasteiger partial charge on any atom is -0.322 e. The minimum absolute atomic E-state index is 0.0961. The third-order valence-corrected chi connectivity index (χ3v) is 4.01. The molecule has 0 aliphatic rings. The molecule has 0 aliphatic carbocycles. The van der Waals surface area contributed by atoms with Gasteiger partial charge in [0.2, 0.25) is 5.91 Å². The molecule has 0 saturated carbocycles. The van der Waals surface area contributed by atoms with Gasteiger partial charge in [-0.05, 0) is 35.4 Å². The van der Waals surface area contributed by atoms with E-state index >= 15 is 0 Å². The van der Waals surface area contributed by atoms with Gasteiger partial charge in [0.1, 0.15) is 17.5 Å². The number of hydrogen-bond donors (Lipinski definition) is 2. The van der Waals surface area contributed by atoms with E-state index in [0.29, 0.717) is 6.07 Å². The van der Waals surface area contributed by atoms with Crippen LogP contribution in [0.4, 0.5) is 18.9 Å². The summed E-state index contributed by atoms with van der Waals surface area (Å²) in [6.07, 6.45) is 0. The number of amides is 1. The molecule has 0 heterocycles. The van der Waals surface area contributed by atoms with E-state index in [1.165, 1.54) is 12.1 Å². The van der Waals surface area contributed by atoms with Gasteiger partial charge in [-0.25, -0.2) is 13.2 Å². The van der Waals surface area contributed by atoms with Gasteiger partial charge in [0.05, 0.1) is 18.3 Å². The van der Waals surface area contributed by atoms with Crippen molar-refractivity contribution in [2.45, 2.75) is 6.04 Å². The van der Waals surface area contributed by atoms with Gasteiger partial charge in [-0.15, -0.1) is 0 Å². The molecule has 2 N–H and O–H groups in total. The molecule has 1 amide bonds. The lowest BCUT2D eigenvalue weighted by atomic mass is 9.98. The molecule has 3 aromatic rings. The quantitative estimate of drug-likeness (QED) is 0.674. The van der Waals surface area contributed by atoms with Gasteiger partial charge in [-0.3, -0.25) is 10.1 Å². The highest BCUT2D eigenvalue weighted by Crippen LogP contribution is 2.22. The number of carbonyl (C=O) groups excluding carboxylic acids is 1. The monoisotopic (exact) mass is 370 g/mol. The highest BCUT2D eigenvalue weighted by atomic mass is 19.1. The Morgan fingerprint density at radius 2 is 1.44 bits per heavy atom. The number of rotatable bonds is 6. The predicted molar refractivity (Wildman–Crippen MR) is 97.7 cm³/mol. The molecule has 0 aliphatic heterocycles. The zero-order valence-electron chi connectivity index (χ0n) is 14.3. The normalized spacial score (nSPS) is 11.8. The SMILES string of the molecule is O=C(CNC(c1ccccc1)c1ccc(F)cc1)Nc1ccc(F)cc1F. The molecule has 3 aromatic carbocycles. The third kappa shape index (κ3) is 4.95. The van der Waals surface area contributed by atoms with E-state index in [0.717, 1.165) is 23.3 Å². The first kappa shape index (κ1) is 18.7. The van der Waals surface area contributed by atoms with Crippen LogP contribution in [0.1, 0.15) is 17.2 Å². The molecule has 1 unspecified atom stereocenters. The predicted octanol–water partition coefficient (Wildman–Crippen LogP) is 4.42. The summed E-state index contributed by atoms with van der Waals surface area (Å²) in [5, 5.41) is 5.49. The average molecular weight is 370 g/mol. The summed E-state index contributed by atoms with van der Waals surface area (Å²) >= 11 is 0. The van der Waals surface area contributed by atoms with Crippen molar-refractivity contribution in [3.63, 3.8) is 0 Å². The van der Waals surface area contributed by atoms with E-state index in [4.69, 9.17) is 0 Å². The maximum atomic E-state index is 13.7. The van der Waals surface area contributed by atoms with Crippen LogP contribution in [0, 0.1) is 17.5 Å². The van der Waals surface area contributed by atoms with Gasteiger partial charge in [-0.1, -0.05) is 42.5 Å². The number of benzene rings is 3. The van der Waals surface area contributed by atoms with Crippen molar-refractivity contribution >= 4 is 11.6 Å². The molecule has 0 radical (unpaired) electrons. The maximum Gasteiger partial charge on any atom is 0.238 e. The van der Waals surface area contributed by atoms with Gasteiger partial charge >= 0.3 is 0 Å². The Hall–Kier alpha value is -3.12. The molecule has 6 heteroatoms. The number of hydrogen-bond acceptors (Lipinski definition) is 2. The summed E-state index contributed by atoms with van der Waals surface area (Å²) in [7, 11) is 0. The molecule has 3 nitrogen and oxygen atoms in total. The largest absolute Gasteiger partial charge is 0.322 e. The summed E-state index contributed by atoms with van der Waals surface area (Å²) < 4.78 is 39.8. The molecule has 0 spiro atoms. The van der Waals surface area contributed by atoms with E-state index in [1.807, 2.05) is 30.3 Å². The fourth-order valence-electron chi connectivity index (χ4n) is 2.71. The fourth-order valence-corrected chi connectivity index (χ4v) is 2.71. The summed E-state index contributed by atoms with van der Waals surface area (Å²) in [6.45, 7) is -0.117. The smallest absolute Gasteiger partial charge is 0.238 e. The summed E-state index contributed by atoms with van der Waals surface area (Å²) in [4.78, 5) is 12.2. The van der Waals surface area contributed by atoms with Crippen LogP contribution in [-0.2, 0) is 4.79 Å². The fraction of sp³-hybridized carbons (Fsp3) is 0.0952. The van der Waals surface area contributed by atoms with Gasteiger partial charge in [0, 0.05) is 6.07 Å². The van der Waals surface area contributed by atoms with Crippen molar-refractivity contribution in [2.75, 3.05) is 11.9 Å². The van der Waals surface area contributed by atoms with Crippen molar-refractivity contribution in [2.24, 2.45) is 0 Å². The van der Waals surface area contributed by atoms with Crippen LogP contribution in [0.3, 0.4) is 0 Å². The Morgan fingerprint density at radius 1 is 0.815 bits per heavy atom. The molecule has 0 aromatic heterocycles. The summed E-state index contributed by atoms with van der Waals surface area (Å²) in [5.74, 6) is -2.40. The van der Waals surface area contributed by atoms with Gasteiger partial charge in [0.25, 0.3) is 0 Å². The van der Waals surface area contributed by atoms with Crippen molar-refractivity contribution < 1.29 is 18.0 Å².